The Kier molecular flexibility index (Phi) is 5.85. The first-order chi connectivity index (χ1) is 14.5. The number of hydrogen-bond acceptors (Lipinski definition) is 7. The van der Waals surface area contributed by atoms with Gasteiger partial charge < -0.3 is 19.1 Å². The normalized spacial score (nSPS) is 12.5. The maximum absolute atomic E-state index is 6.02. The van der Waals surface area contributed by atoms with Crippen molar-refractivity contribution in [2.45, 2.75) is 27.2 Å². The Hall–Kier alpha value is -3.13. The highest BCUT2D eigenvalue weighted by molar-refractivity contribution is 7.07. The van der Waals surface area contributed by atoms with Crippen LogP contribution in [0.5, 0.6) is 22.4 Å². The Morgan fingerprint density at radius 1 is 1.17 bits per heavy atom. The molecule has 30 heavy (non-hydrogen) atoms. The predicted octanol–water partition coefficient (Wildman–Crippen LogP) is 4.88. The van der Waals surface area contributed by atoms with Gasteiger partial charge in [0, 0.05) is 31.5 Å². The monoisotopic (exact) mass is 424 g/mol. The Labute approximate surface area is 180 Å². The molecule has 0 fully saturated rings. The third kappa shape index (κ3) is 4.54. The molecule has 0 bridgehead atoms. The van der Waals surface area contributed by atoms with E-state index in [1.54, 1.807) is 0 Å². The lowest BCUT2D eigenvalue weighted by Gasteiger charge is -2.11. The molecule has 156 valence electrons. The minimum atomic E-state index is 0.268. The molecule has 0 spiro atoms. The molecule has 8 heteroatoms. The number of aryl methyl sites for hydroxylation is 2. The topological polar surface area (TPSA) is 69.1 Å². The summed E-state index contributed by atoms with van der Waals surface area (Å²) in [5, 5.41) is 0.523. The second kappa shape index (κ2) is 8.71. The molecule has 2 heterocycles. The SMILES string of the molecule is CCN(C)C=Nc1cc(C)c(Oc2nc(Cc3ccc4c(c3)OCO4)ns2)cc1C. The van der Waals surface area contributed by atoms with Crippen molar-refractivity contribution in [3.63, 3.8) is 0 Å². The van der Waals surface area contributed by atoms with E-state index in [-0.39, 0.29) is 6.79 Å². The first kappa shape index (κ1) is 20.2. The van der Waals surface area contributed by atoms with Crippen molar-refractivity contribution in [1.82, 2.24) is 14.3 Å². The average molecular weight is 425 g/mol. The smallest absolute Gasteiger partial charge is 0.298 e. The lowest BCUT2D eigenvalue weighted by Crippen LogP contribution is -2.14. The van der Waals surface area contributed by atoms with Gasteiger partial charge in [-0.1, -0.05) is 6.07 Å². The molecule has 0 saturated carbocycles. The molecule has 1 aliphatic heterocycles. The Morgan fingerprint density at radius 2 is 2.00 bits per heavy atom. The third-order valence-electron chi connectivity index (χ3n) is 4.83. The molecule has 0 atom stereocenters. The highest BCUT2D eigenvalue weighted by Gasteiger charge is 2.15. The maximum atomic E-state index is 6.02. The molecule has 0 N–H and O–H groups in total. The largest absolute Gasteiger partial charge is 0.454 e. The first-order valence-corrected chi connectivity index (χ1v) is 10.5. The van der Waals surface area contributed by atoms with Crippen LogP contribution in [0.3, 0.4) is 0 Å². The summed E-state index contributed by atoms with van der Waals surface area (Å²) in [6.45, 7) is 7.30. The molecule has 0 unspecified atom stereocenters. The van der Waals surface area contributed by atoms with Crippen LogP contribution in [0.25, 0.3) is 0 Å². The standard InChI is InChI=1S/C22H24N4O3S/c1-5-26(4)12-23-17-8-15(3)19(9-14(17)2)29-22-24-21(25-30-22)11-16-6-7-18-20(10-16)28-13-27-18/h6-10,12H,5,11,13H2,1-4H3. The van der Waals surface area contributed by atoms with Crippen LogP contribution in [0.15, 0.2) is 35.3 Å². The lowest BCUT2D eigenvalue weighted by atomic mass is 10.1. The molecule has 0 saturated heterocycles. The van der Waals surface area contributed by atoms with E-state index in [1.165, 1.54) is 11.5 Å². The van der Waals surface area contributed by atoms with Crippen LogP contribution < -0.4 is 14.2 Å². The average Bonchev–Trinajstić information content (AvgIpc) is 3.38. The van der Waals surface area contributed by atoms with Crippen molar-refractivity contribution in [1.29, 1.82) is 0 Å². The summed E-state index contributed by atoms with van der Waals surface area (Å²) in [5.74, 6) is 3.01. The van der Waals surface area contributed by atoms with E-state index in [2.05, 4.69) is 21.3 Å². The van der Waals surface area contributed by atoms with Gasteiger partial charge in [-0.3, -0.25) is 0 Å². The Morgan fingerprint density at radius 3 is 2.83 bits per heavy atom. The number of rotatable bonds is 7. The van der Waals surface area contributed by atoms with Crippen LogP contribution in [0, 0.1) is 13.8 Å². The van der Waals surface area contributed by atoms with E-state index < -0.39 is 0 Å². The van der Waals surface area contributed by atoms with Gasteiger partial charge in [0.05, 0.1) is 12.0 Å². The van der Waals surface area contributed by atoms with E-state index in [4.69, 9.17) is 14.2 Å². The summed E-state index contributed by atoms with van der Waals surface area (Å²) >= 11 is 1.25. The van der Waals surface area contributed by atoms with Crippen LogP contribution in [-0.4, -0.2) is 41.0 Å². The van der Waals surface area contributed by atoms with Gasteiger partial charge in [0.1, 0.15) is 5.75 Å². The zero-order valence-electron chi connectivity index (χ0n) is 17.5. The number of aromatic nitrogens is 2. The van der Waals surface area contributed by atoms with Crippen molar-refractivity contribution in [2.75, 3.05) is 20.4 Å². The molecule has 0 aliphatic carbocycles. The number of fused-ring (bicyclic) bond motifs is 1. The van der Waals surface area contributed by atoms with Crippen molar-refractivity contribution in [3.8, 4) is 22.4 Å². The van der Waals surface area contributed by atoms with Gasteiger partial charge in [0.2, 0.25) is 6.79 Å². The summed E-state index contributed by atoms with van der Waals surface area (Å²) < 4.78 is 21.2. The van der Waals surface area contributed by atoms with Gasteiger partial charge in [-0.2, -0.15) is 9.36 Å². The summed E-state index contributed by atoms with van der Waals surface area (Å²) in [6.07, 6.45) is 2.45. The summed E-state index contributed by atoms with van der Waals surface area (Å²) in [7, 11) is 2.00. The van der Waals surface area contributed by atoms with E-state index >= 15 is 0 Å². The summed E-state index contributed by atoms with van der Waals surface area (Å²) in [4.78, 5) is 11.1. The number of aliphatic imine (C=N–C) groups is 1. The van der Waals surface area contributed by atoms with E-state index in [0.29, 0.717) is 17.4 Å². The van der Waals surface area contributed by atoms with Crippen LogP contribution in [0.2, 0.25) is 0 Å². The number of hydrogen-bond donors (Lipinski definition) is 0. The fourth-order valence-electron chi connectivity index (χ4n) is 2.94. The fraction of sp³-hybridized carbons (Fsp3) is 0.318. The summed E-state index contributed by atoms with van der Waals surface area (Å²) in [6, 6.07) is 9.90. The van der Waals surface area contributed by atoms with Crippen molar-refractivity contribution >= 4 is 23.6 Å². The number of ether oxygens (including phenoxy) is 3. The zero-order valence-corrected chi connectivity index (χ0v) is 18.3. The second-order valence-electron chi connectivity index (χ2n) is 7.16. The van der Waals surface area contributed by atoms with Crippen LogP contribution in [-0.2, 0) is 6.42 Å². The molecule has 0 radical (unpaired) electrons. The van der Waals surface area contributed by atoms with Gasteiger partial charge in [0.25, 0.3) is 5.19 Å². The van der Waals surface area contributed by atoms with Crippen LogP contribution >= 0.6 is 11.5 Å². The van der Waals surface area contributed by atoms with E-state index in [9.17, 15) is 0 Å². The minimum Gasteiger partial charge on any atom is -0.454 e. The van der Waals surface area contributed by atoms with Gasteiger partial charge in [-0.15, -0.1) is 0 Å². The highest BCUT2D eigenvalue weighted by Crippen LogP contribution is 2.34. The van der Waals surface area contributed by atoms with E-state index in [0.717, 1.165) is 46.2 Å². The van der Waals surface area contributed by atoms with Crippen LogP contribution in [0.1, 0.15) is 29.4 Å². The molecule has 2 aromatic carbocycles. The molecule has 7 nitrogen and oxygen atoms in total. The van der Waals surface area contributed by atoms with Crippen molar-refractivity contribution in [3.05, 3.63) is 52.8 Å². The molecule has 1 aliphatic rings. The zero-order chi connectivity index (χ0) is 21.1. The molecule has 3 aromatic rings. The van der Waals surface area contributed by atoms with Gasteiger partial charge >= 0.3 is 0 Å². The third-order valence-corrected chi connectivity index (χ3v) is 5.47. The molecular formula is C22H24N4O3S. The van der Waals surface area contributed by atoms with Gasteiger partial charge in [0.15, 0.2) is 17.3 Å². The quantitative estimate of drug-likeness (QED) is 0.398. The fourth-order valence-corrected chi connectivity index (χ4v) is 3.51. The Balaban J connectivity index is 1.45. The van der Waals surface area contributed by atoms with Crippen LogP contribution in [0.4, 0.5) is 5.69 Å². The van der Waals surface area contributed by atoms with Gasteiger partial charge in [-0.05, 0) is 61.7 Å². The number of benzene rings is 2. The van der Waals surface area contributed by atoms with E-state index in [1.807, 2.05) is 62.5 Å². The summed E-state index contributed by atoms with van der Waals surface area (Å²) in [5.41, 5.74) is 4.04. The molecule has 0 amide bonds. The maximum Gasteiger partial charge on any atom is 0.298 e. The van der Waals surface area contributed by atoms with Gasteiger partial charge in [-0.25, -0.2) is 4.99 Å². The predicted molar refractivity (Wildman–Crippen MR) is 118 cm³/mol. The van der Waals surface area contributed by atoms with Crippen molar-refractivity contribution in [2.24, 2.45) is 4.99 Å². The molecule has 4 rings (SSSR count). The first-order valence-electron chi connectivity index (χ1n) is 9.76. The second-order valence-corrected chi connectivity index (χ2v) is 7.88. The highest BCUT2D eigenvalue weighted by atomic mass is 32.1. The Bertz CT molecular complexity index is 1080. The molecular weight excluding hydrogens is 400 g/mol. The number of nitrogens with zero attached hydrogens (tertiary/aromatic N) is 4. The van der Waals surface area contributed by atoms with Crippen molar-refractivity contribution < 1.29 is 14.2 Å². The molecule has 1 aromatic heterocycles. The lowest BCUT2D eigenvalue weighted by molar-refractivity contribution is 0.174. The minimum absolute atomic E-state index is 0.268.